The maximum Gasteiger partial charge on any atom is 0.222 e. The van der Waals surface area contributed by atoms with E-state index in [9.17, 15) is 4.79 Å². The molecule has 0 radical (unpaired) electrons. The third-order valence-electron chi connectivity index (χ3n) is 4.94. The van der Waals surface area contributed by atoms with Gasteiger partial charge in [-0.3, -0.25) is 9.79 Å². The molecule has 6 heteroatoms. The highest BCUT2D eigenvalue weighted by Gasteiger charge is 2.19. The molecule has 2 aromatic rings. The Morgan fingerprint density at radius 3 is 2.66 bits per heavy atom. The molecule has 154 valence electrons. The quantitative estimate of drug-likeness (QED) is 0.533. The molecule has 2 N–H and O–H groups in total. The van der Waals surface area contributed by atoms with E-state index in [1.807, 2.05) is 42.2 Å². The molecule has 1 amide bonds. The zero-order valence-corrected chi connectivity index (χ0v) is 17.3. The normalized spacial score (nSPS) is 14.2. The Bertz CT molecular complexity index is 850. The topological polar surface area (TPSA) is 66.0 Å². The number of guanidine groups is 1. The summed E-state index contributed by atoms with van der Waals surface area (Å²) in [6, 6.07) is 16.4. The fourth-order valence-electron chi connectivity index (χ4n) is 3.46. The van der Waals surface area contributed by atoms with E-state index in [2.05, 4.69) is 33.8 Å². The number of benzene rings is 2. The number of para-hydroxylation sites is 1. The number of aliphatic imine (C=N–C) groups is 1. The maximum atomic E-state index is 11.9. The number of nitrogens with zero attached hydrogens (tertiary/aromatic N) is 2. The highest BCUT2D eigenvalue weighted by molar-refractivity contribution is 5.79. The molecule has 6 nitrogen and oxygen atoms in total. The van der Waals surface area contributed by atoms with Crippen LogP contribution in [0, 0.1) is 0 Å². The van der Waals surface area contributed by atoms with Gasteiger partial charge in [0.15, 0.2) is 5.96 Å². The number of ether oxygens (including phenoxy) is 1. The van der Waals surface area contributed by atoms with Crippen molar-refractivity contribution in [2.24, 2.45) is 4.99 Å². The SMILES string of the molecule is CCOc1ccccc1CNC(=NC)NCc1cccc(CN2CCCC2=O)c1. The lowest BCUT2D eigenvalue weighted by Gasteiger charge is -2.17. The van der Waals surface area contributed by atoms with E-state index >= 15 is 0 Å². The molecule has 0 aromatic heterocycles. The average molecular weight is 395 g/mol. The molecule has 0 atom stereocenters. The first kappa shape index (κ1) is 20.7. The van der Waals surface area contributed by atoms with Gasteiger partial charge in [0.1, 0.15) is 5.75 Å². The summed E-state index contributed by atoms with van der Waals surface area (Å²) >= 11 is 0. The lowest BCUT2D eigenvalue weighted by Crippen LogP contribution is -2.36. The van der Waals surface area contributed by atoms with Crippen molar-refractivity contribution < 1.29 is 9.53 Å². The maximum absolute atomic E-state index is 11.9. The van der Waals surface area contributed by atoms with Gasteiger partial charge in [-0.1, -0.05) is 42.5 Å². The van der Waals surface area contributed by atoms with E-state index in [-0.39, 0.29) is 5.91 Å². The van der Waals surface area contributed by atoms with Crippen molar-refractivity contribution in [1.82, 2.24) is 15.5 Å². The second-order valence-corrected chi connectivity index (χ2v) is 7.06. The molecule has 1 fully saturated rings. The van der Waals surface area contributed by atoms with Crippen molar-refractivity contribution in [2.45, 2.75) is 39.4 Å². The highest BCUT2D eigenvalue weighted by atomic mass is 16.5. The Morgan fingerprint density at radius 2 is 1.90 bits per heavy atom. The molecule has 0 unspecified atom stereocenters. The number of hydrogen-bond donors (Lipinski definition) is 2. The Labute approximate surface area is 173 Å². The van der Waals surface area contributed by atoms with Gasteiger partial charge >= 0.3 is 0 Å². The van der Waals surface area contributed by atoms with E-state index in [0.29, 0.717) is 32.7 Å². The summed E-state index contributed by atoms with van der Waals surface area (Å²) in [5.41, 5.74) is 3.41. The van der Waals surface area contributed by atoms with Crippen molar-refractivity contribution in [3.63, 3.8) is 0 Å². The minimum Gasteiger partial charge on any atom is -0.494 e. The molecule has 1 saturated heterocycles. The van der Waals surface area contributed by atoms with E-state index in [0.717, 1.165) is 41.4 Å². The molecular weight excluding hydrogens is 364 g/mol. The van der Waals surface area contributed by atoms with Crippen LogP contribution in [0.15, 0.2) is 53.5 Å². The van der Waals surface area contributed by atoms with Crippen LogP contribution < -0.4 is 15.4 Å². The molecule has 29 heavy (non-hydrogen) atoms. The van der Waals surface area contributed by atoms with Crippen LogP contribution in [-0.2, 0) is 24.4 Å². The number of rotatable bonds is 8. The predicted molar refractivity (Wildman–Crippen MR) is 116 cm³/mol. The van der Waals surface area contributed by atoms with Crippen LogP contribution in [0.2, 0.25) is 0 Å². The molecule has 1 aliphatic heterocycles. The summed E-state index contributed by atoms with van der Waals surface area (Å²) in [7, 11) is 1.76. The third-order valence-corrected chi connectivity index (χ3v) is 4.94. The second-order valence-electron chi connectivity index (χ2n) is 7.06. The smallest absolute Gasteiger partial charge is 0.222 e. The summed E-state index contributed by atoms with van der Waals surface area (Å²) in [6.07, 6.45) is 1.64. The number of nitrogens with one attached hydrogen (secondary N) is 2. The Hall–Kier alpha value is -3.02. The number of carbonyl (C=O) groups excluding carboxylic acids is 1. The summed E-state index contributed by atoms with van der Waals surface area (Å²) in [5, 5.41) is 6.69. The van der Waals surface area contributed by atoms with Gasteiger partial charge in [0.2, 0.25) is 5.91 Å². The van der Waals surface area contributed by atoms with Gasteiger partial charge in [-0.2, -0.15) is 0 Å². The Kier molecular flexibility index (Phi) is 7.50. The first-order chi connectivity index (χ1) is 14.2. The van der Waals surface area contributed by atoms with E-state index in [1.54, 1.807) is 7.05 Å². The second kappa shape index (κ2) is 10.5. The molecule has 0 saturated carbocycles. The lowest BCUT2D eigenvalue weighted by molar-refractivity contribution is -0.128. The lowest BCUT2D eigenvalue weighted by atomic mass is 10.1. The molecule has 0 bridgehead atoms. The zero-order valence-electron chi connectivity index (χ0n) is 17.3. The average Bonchev–Trinajstić information content (AvgIpc) is 3.14. The van der Waals surface area contributed by atoms with Gasteiger partial charge in [0, 0.05) is 45.2 Å². The van der Waals surface area contributed by atoms with Crippen molar-refractivity contribution in [2.75, 3.05) is 20.2 Å². The molecule has 1 aliphatic rings. The van der Waals surface area contributed by atoms with Crippen LogP contribution in [-0.4, -0.2) is 37.0 Å². The van der Waals surface area contributed by atoms with E-state index in [1.165, 1.54) is 0 Å². The van der Waals surface area contributed by atoms with Gasteiger partial charge in [0.05, 0.1) is 6.61 Å². The van der Waals surface area contributed by atoms with Crippen LogP contribution in [0.5, 0.6) is 5.75 Å². The fraction of sp³-hybridized carbons (Fsp3) is 0.391. The van der Waals surface area contributed by atoms with Crippen LogP contribution >= 0.6 is 0 Å². The van der Waals surface area contributed by atoms with Crippen molar-refractivity contribution in [3.05, 3.63) is 65.2 Å². The monoisotopic (exact) mass is 394 g/mol. The van der Waals surface area contributed by atoms with Gasteiger partial charge in [-0.25, -0.2) is 0 Å². The number of likely N-dealkylation sites (tertiary alicyclic amines) is 1. The van der Waals surface area contributed by atoms with Crippen LogP contribution in [0.4, 0.5) is 0 Å². The van der Waals surface area contributed by atoms with Gasteiger partial charge in [-0.15, -0.1) is 0 Å². The third kappa shape index (κ3) is 5.98. The van der Waals surface area contributed by atoms with Crippen molar-refractivity contribution in [3.8, 4) is 5.75 Å². The predicted octanol–water partition coefficient (Wildman–Crippen LogP) is 3.07. The fourth-order valence-corrected chi connectivity index (χ4v) is 3.46. The van der Waals surface area contributed by atoms with Crippen molar-refractivity contribution in [1.29, 1.82) is 0 Å². The van der Waals surface area contributed by atoms with Gasteiger partial charge in [-0.05, 0) is 30.5 Å². The van der Waals surface area contributed by atoms with Crippen LogP contribution in [0.1, 0.15) is 36.5 Å². The molecule has 3 rings (SSSR count). The summed E-state index contributed by atoms with van der Waals surface area (Å²) in [5.74, 6) is 1.88. The minimum absolute atomic E-state index is 0.255. The standard InChI is InChI=1S/C23H30N4O2/c1-3-29-21-11-5-4-10-20(21)16-26-23(24-2)25-15-18-8-6-9-19(14-18)17-27-13-7-12-22(27)28/h4-6,8-11,14H,3,7,12-13,15-17H2,1-2H3,(H2,24,25,26). The zero-order chi connectivity index (χ0) is 20.5. The first-order valence-electron chi connectivity index (χ1n) is 10.2. The number of carbonyl (C=O) groups is 1. The number of amides is 1. The minimum atomic E-state index is 0.255. The summed E-state index contributed by atoms with van der Waals surface area (Å²) < 4.78 is 5.68. The Morgan fingerprint density at radius 1 is 1.10 bits per heavy atom. The highest BCUT2D eigenvalue weighted by Crippen LogP contribution is 2.17. The van der Waals surface area contributed by atoms with Crippen molar-refractivity contribution >= 4 is 11.9 Å². The molecule has 1 heterocycles. The van der Waals surface area contributed by atoms with E-state index < -0.39 is 0 Å². The van der Waals surface area contributed by atoms with E-state index in [4.69, 9.17) is 4.74 Å². The Balaban J connectivity index is 1.53. The first-order valence-corrected chi connectivity index (χ1v) is 10.2. The van der Waals surface area contributed by atoms with Crippen LogP contribution in [0.3, 0.4) is 0 Å². The summed E-state index contributed by atoms with van der Waals surface area (Å²) in [6.45, 7) is 5.47. The van der Waals surface area contributed by atoms with Gasteiger partial charge < -0.3 is 20.3 Å². The summed E-state index contributed by atoms with van der Waals surface area (Å²) in [4.78, 5) is 18.1. The largest absolute Gasteiger partial charge is 0.494 e. The molecule has 0 spiro atoms. The molecule has 2 aromatic carbocycles. The number of hydrogen-bond acceptors (Lipinski definition) is 3. The molecular formula is C23H30N4O2. The molecule has 0 aliphatic carbocycles. The van der Waals surface area contributed by atoms with Gasteiger partial charge in [0.25, 0.3) is 0 Å². The van der Waals surface area contributed by atoms with Crippen LogP contribution in [0.25, 0.3) is 0 Å².